The molecule has 0 radical (unpaired) electrons. The van der Waals surface area contributed by atoms with Gasteiger partial charge in [0.05, 0.1) is 0 Å². The first-order valence-electron chi connectivity index (χ1n) is 5.52. The molecule has 0 bridgehead atoms. The molecule has 2 heteroatoms. The molecule has 0 amide bonds. The standard InChI is InChI=1S/C12H20N2/c1-4-10-14(6-3)12-11(5-2)8-7-9-13-12/h7-9H,4-6,10H2,1-3H3. The normalized spacial score (nSPS) is 10.2. The minimum atomic E-state index is 1.04. The molecule has 1 aromatic rings. The highest BCUT2D eigenvalue weighted by Crippen LogP contribution is 2.17. The quantitative estimate of drug-likeness (QED) is 0.713. The summed E-state index contributed by atoms with van der Waals surface area (Å²) in [7, 11) is 0. The van der Waals surface area contributed by atoms with Crippen LogP contribution in [-0.4, -0.2) is 18.1 Å². The largest absolute Gasteiger partial charge is 0.357 e. The van der Waals surface area contributed by atoms with Gasteiger partial charge >= 0.3 is 0 Å². The molecule has 14 heavy (non-hydrogen) atoms. The van der Waals surface area contributed by atoms with Gasteiger partial charge in [0, 0.05) is 19.3 Å². The maximum Gasteiger partial charge on any atom is 0.131 e. The van der Waals surface area contributed by atoms with E-state index in [0.717, 1.165) is 19.5 Å². The van der Waals surface area contributed by atoms with E-state index in [9.17, 15) is 0 Å². The van der Waals surface area contributed by atoms with Gasteiger partial charge in [-0.1, -0.05) is 19.9 Å². The summed E-state index contributed by atoms with van der Waals surface area (Å²) in [5.41, 5.74) is 1.35. The number of pyridine rings is 1. The van der Waals surface area contributed by atoms with Crippen molar-refractivity contribution in [3.8, 4) is 0 Å². The number of rotatable bonds is 5. The first-order chi connectivity index (χ1) is 6.83. The van der Waals surface area contributed by atoms with E-state index in [1.54, 1.807) is 0 Å². The third kappa shape index (κ3) is 2.47. The number of aromatic nitrogens is 1. The summed E-state index contributed by atoms with van der Waals surface area (Å²) in [6, 6.07) is 4.18. The van der Waals surface area contributed by atoms with Crippen LogP contribution in [0.15, 0.2) is 18.3 Å². The van der Waals surface area contributed by atoms with Crippen LogP contribution in [0.4, 0.5) is 5.82 Å². The van der Waals surface area contributed by atoms with Crippen molar-refractivity contribution in [2.45, 2.75) is 33.6 Å². The highest BCUT2D eigenvalue weighted by molar-refractivity contribution is 5.46. The lowest BCUT2D eigenvalue weighted by atomic mass is 10.2. The fourth-order valence-electron chi connectivity index (χ4n) is 1.67. The van der Waals surface area contributed by atoms with Crippen LogP contribution >= 0.6 is 0 Å². The molecular formula is C12H20N2. The molecule has 0 aliphatic heterocycles. The van der Waals surface area contributed by atoms with E-state index in [4.69, 9.17) is 0 Å². The monoisotopic (exact) mass is 192 g/mol. The second-order valence-electron chi connectivity index (χ2n) is 3.42. The Bertz CT molecular complexity index is 271. The number of hydrogen-bond acceptors (Lipinski definition) is 2. The molecule has 0 saturated heterocycles. The minimum Gasteiger partial charge on any atom is -0.357 e. The summed E-state index contributed by atoms with van der Waals surface area (Å²) in [5.74, 6) is 1.17. The van der Waals surface area contributed by atoms with Crippen LogP contribution < -0.4 is 4.90 Å². The number of hydrogen-bond donors (Lipinski definition) is 0. The lowest BCUT2D eigenvalue weighted by Crippen LogP contribution is -2.25. The fourth-order valence-corrected chi connectivity index (χ4v) is 1.67. The molecule has 0 unspecified atom stereocenters. The van der Waals surface area contributed by atoms with Crippen LogP contribution in [0.1, 0.15) is 32.8 Å². The first-order valence-corrected chi connectivity index (χ1v) is 5.52. The van der Waals surface area contributed by atoms with Gasteiger partial charge in [-0.2, -0.15) is 0 Å². The zero-order valence-electron chi connectivity index (χ0n) is 9.45. The van der Waals surface area contributed by atoms with Gasteiger partial charge in [-0.05, 0) is 31.4 Å². The van der Waals surface area contributed by atoms with Gasteiger partial charge in [-0.3, -0.25) is 0 Å². The second-order valence-corrected chi connectivity index (χ2v) is 3.42. The van der Waals surface area contributed by atoms with E-state index in [-0.39, 0.29) is 0 Å². The highest BCUT2D eigenvalue weighted by atomic mass is 15.2. The van der Waals surface area contributed by atoms with Gasteiger partial charge in [0.25, 0.3) is 0 Å². The van der Waals surface area contributed by atoms with E-state index in [2.05, 4.69) is 36.7 Å². The molecule has 0 aliphatic carbocycles. The maximum atomic E-state index is 4.47. The van der Waals surface area contributed by atoms with Gasteiger partial charge < -0.3 is 4.90 Å². The Morgan fingerprint density at radius 3 is 2.64 bits per heavy atom. The van der Waals surface area contributed by atoms with E-state index < -0.39 is 0 Å². The Morgan fingerprint density at radius 2 is 2.07 bits per heavy atom. The summed E-state index contributed by atoms with van der Waals surface area (Å²) in [6.07, 6.45) is 4.11. The molecule has 1 heterocycles. The smallest absolute Gasteiger partial charge is 0.131 e. The lowest BCUT2D eigenvalue weighted by molar-refractivity contribution is 0.771. The van der Waals surface area contributed by atoms with Gasteiger partial charge in [-0.25, -0.2) is 4.98 Å². The maximum absolute atomic E-state index is 4.47. The number of nitrogens with zero attached hydrogens (tertiary/aromatic N) is 2. The third-order valence-electron chi connectivity index (χ3n) is 2.42. The summed E-state index contributed by atoms with van der Waals surface area (Å²) in [6.45, 7) is 8.71. The fraction of sp³-hybridized carbons (Fsp3) is 0.583. The lowest BCUT2D eigenvalue weighted by Gasteiger charge is -2.23. The zero-order chi connectivity index (χ0) is 10.4. The van der Waals surface area contributed by atoms with Crippen molar-refractivity contribution in [1.29, 1.82) is 0 Å². The van der Waals surface area contributed by atoms with Crippen LogP contribution in [0.2, 0.25) is 0 Å². The predicted molar refractivity (Wildman–Crippen MR) is 61.8 cm³/mol. The minimum absolute atomic E-state index is 1.04. The van der Waals surface area contributed by atoms with Gasteiger partial charge in [0.2, 0.25) is 0 Å². The second kappa shape index (κ2) is 5.63. The van der Waals surface area contributed by atoms with E-state index >= 15 is 0 Å². The molecule has 0 aliphatic rings. The Balaban J connectivity index is 2.90. The van der Waals surface area contributed by atoms with Crippen LogP contribution in [0.3, 0.4) is 0 Å². The predicted octanol–water partition coefficient (Wildman–Crippen LogP) is 2.88. The SMILES string of the molecule is CCCN(CC)c1ncccc1CC. The molecule has 78 valence electrons. The Labute approximate surface area is 87.0 Å². The molecular weight excluding hydrogens is 172 g/mol. The van der Waals surface area contributed by atoms with Crippen LogP contribution in [0, 0.1) is 0 Å². The average Bonchev–Trinajstić information content (AvgIpc) is 2.26. The highest BCUT2D eigenvalue weighted by Gasteiger charge is 2.07. The van der Waals surface area contributed by atoms with Crippen molar-refractivity contribution in [2.75, 3.05) is 18.0 Å². The third-order valence-corrected chi connectivity index (χ3v) is 2.42. The van der Waals surface area contributed by atoms with Crippen molar-refractivity contribution in [3.05, 3.63) is 23.9 Å². The van der Waals surface area contributed by atoms with E-state index in [0.29, 0.717) is 0 Å². The van der Waals surface area contributed by atoms with E-state index in [1.165, 1.54) is 17.8 Å². The van der Waals surface area contributed by atoms with Crippen LogP contribution in [0.5, 0.6) is 0 Å². The molecule has 1 rings (SSSR count). The topological polar surface area (TPSA) is 16.1 Å². The molecule has 2 nitrogen and oxygen atoms in total. The summed E-state index contributed by atoms with van der Waals surface area (Å²) in [5, 5.41) is 0. The van der Waals surface area contributed by atoms with Gasteiger partial charge in [0.15, 0.2) is 0 Å². The summed E-state index contributed by atoms with van der Waals surface area (Å²) in [4.78, 5) is 6.81. The number of aryl methyl sites for hydroxylation is 1. The van der Waals surface area contributed by atoms with Crippen LogP contribution in [-0.2, 0) is 6.42 Å². The Kier molecular flexibility index (Phi) is 4.44. The van der Waals surface area contributed by atoms with Gasteiger partial charge in [-0.15, -0.1) is 0 Å². The van der Waals surface area contributed by atoms with Gasteiger partial charge in [0.1, 0.15) is 5.82 Å². The van der Waals surface area contributed by atoms with Crippen molar-refractivity contribution in [3.63, 3.8) is 0 Å². The molecule has 1 aromatic heterocycles. The molecule has 0 aromatic carbocycles. The Morgan fingerprint density at radius 1 is 1.29 bits per heavy atom. The van der Waals surface area contributed by atoms with Crippen molar-refractivity contribution >= 4 is 5.82 Å². The van der Waals surface area contributed by atoms with Crippen LogP contribution in [0.25, 0.3) is 0 Å². The molecule has 0 N–H and O–H groups in total. The van der Waals surface area contributed by atoms with Crippen molar-refractivity contribution < 1.29 is 0 Å². The zero-order valence-corrected chi connectivity index (χ0v) is 9.45. The summed E-state index contributed by atoms with van der Waals surface area (Å²) < 4.78 is 0. The first kappa shape index (κ1) is 11.0. The van der Waals surface area contributed by atoms with E-state index in [1.807, 2.05) is 12.3 Å². The molecule has 0 spiro atoms. The molecule has 0 fully saturated rings. The average molecular weight is 192 g/mol. The van der Waals surface area contributed by atoms with Crippen molar-refractivity contribution in [1.82, 2.24) is 4.98 Å². The molecule has 0 atom stereocenters. The Hall–Kier alpha value is -1.05. The van der Waals surface area contributed by atoms with Crippen molar-refractivity contribution in [2.24, 2.45) is 0 Å². The number of anilines is 1. The molecule has 0 saturated carbocycles. The summed E-state index contributed by atoms with van der Waals surface area (Å²) >= 11 is 0.